The van der Waals surface area contributed by atoms with Crippen molar-refractivity contribution in [3.63, 3.8) is 0 Å². The molecule has 0 spiro atoms. The predicted molar refractivity (Wildman–Crippen MR) is 63.3 cm³/mol. The van der Waals surface area contributed by atoms with E-state index in [0.29, 0.717) is 12.2 Å². The van der Waals surface area contributed by atoms with Gasteiger partial charge in [-0.15, -0.1) is 0 Å². The highest BCUT2D eigenvalue weighted by atomic mass is 16.5. The van der Waals surface area contributed by atoms with Crippen molar-refractivity contribution in [1.29, 1.82) is 0 Å². The number of esters is 1. The molecule has 1 rings (SSSR count). The Bertz CT molecular complexity index is 377. The van der Waals surface area contributed by atoms with Crippen LogP contribution in [0.2, 0.25) is 0 Å². The maximum absolute atomic E-state index is 11.6. The summed E-state index contributed by atoms with van der Waals surface area (Å²) in [6.45, 7) is 3.99. The minimum atomic E-state index is -0.296. The van der Waals surface area contributed by atoms with E-state index in [2.05, 4.69) is 0 Å². The molecule has 0 fully saturated rings. The second kappa shape index (κ2) is 5.95. The Labute approximate surface area is 95.7 Å². The summed E-state index contributed by atoms with van der Waals surface area (Å²) in [5, 5.41) is 0. The van der Waals surface area contributed by atoms with E-state index < -0.39 is 0 Å². The lowest BCUT2D eigenvalue weighted by atomic mass is 10.1. The van der Waals surface area contributed by atoms with Gasteiger partial charge in [-0.2, -0.15) is 0 Å². The van der Waals surface area contributed by atoms with Crippen LogP contribution in [0.1, 0.15) is 19.4 Å². The van der Waals surface area contributed by atoms with Crippen molar-refractivity contribution in [3.8, 4) is 5.75 Å². The normalized spacial score (nSPS) is 11.1. The molecule has 0 aromatic heterocycles. The number of rotatable bonds is 4. The predicted octanol–water partition coefficient (Wildman–Crippen LogP) is 2.66. The van der Waals surface area contributed by atoms with E-state index in [1.807, 2.05) is 31.2 Å². The maximum Gasteiger partial charge on any atom is 0.338 e. The first-order chi connectivity index (χ1) is 7.72. The molecule has 16 heavy (non-hydrogen) atoms. The molecule has 0 atom stereocenters. The van der Waals surface area contributed by atoms with Crippen molar-refractivity contribution in [3.05, 3.63) is 35.9 Å². The first kappa shape index (κ1) is 12.3. The number of carbonyl (C=O) groups is 1. The summed E-state index contributed by atoms with van der Waals surface area (Å²) >= 11 is 0. The van der Waals surface area contributed by atoms with Crippen LogP contribution in [0.15, 0.2) is 30.3 Å². The van der Waals surface area contributed by atoms with Gasteiger partial charge in [-0.05, 0) is 31.5 Å². The van der Waals surface area contributed by atoms with E-state index >= 15 is 0 Å². The number of methoxy groups -OCH3 is 1. The summed E-state index contributed by atoms with van der Waals surface area (Å²) in [5.74, 6) is 0.471. The van der Waals surface area contributed by atoms with Crippen LogP contribution in [0.3, 0.4) is 0 Å². The number of hydrogen-bond donors (Lipinski definition) is 0. The summed E-state index contributed by atoms with van der Waals surface area (Å²) < 4.78 is 10.0. The highest BCUT2D eigenvalue weighted by Gasteiger charge is 2.11. The summed E-state index contributed by atoms with van der Waals surface area (Å²) in [4.78, 5) is 11.6. The second-order valence-electron chi connectivity index (χ2n) is 3.15. The van der Waals surface area contributed by atoms with Crippen LogP contribution < -0.4 is 4.74 Å². The molecular weight excluding hydrogens is 204 g/mol. The molecule has 0 unspecified atom stereocenters. The number of benzene rings is 1. The van der Waals surface area contributed by atoms with E-state index in [0.717, 1.165) is 11.3 Å². The molecule has 0 aliphatic rings. The SMILES string of the molecule is CC=C(C(=O)OCC)c1ccc(OC)cc1. The Morgan fingerprint density at radius 3 is 2.38 bits per heavy atom. The fourth-order valence-electron chi connectivity index (χ4n) is 1.38. The van der Waals surface area contributed by atoms with Gasteiger partial charge in [0.25, 0.3) is 0 Å². The van der Waals surface area contributed by atoms with E-state index in [1.165, 1.54) is 0 Å². The molecule has 0 saturated carbocycles. The van der Waals surface area contributed by atoms with Crippen LogP contribution in [0.25, 0.3) is 5.57 Å². The summed E-state index contributed by atoms with van der Waals surface area (Å²) in [5.41, 5.74) is 1.41. The Kier molecular flexibility index (Phi) is 4.58. The highest BCUT2D eigenvalue weighted by molar-refractivity contribution is 6.16. The molecule has 86 valence electrons. The van der Waals surface area contributed by atoms with Crippen LogP contribution in [0.4, 0.5) is 0 Å². The molecule has 0 amide bonds. The molecule has 3 heteroatoms. The zero-order valence-corrected chi connectivity index (χ0v) is 9.82. The topological polar surface area (TPSA) is 35.5 Å². The second-order valence-corrected chi connectivity index (χ2v) is 3.15. The third-order valence-corrected chi connectivity index (χ3v) is 2.19. The molecule has 0 N–H and O–H groups in total. The summed E-state index contributed by atoms with van der Waals surface area (Å²) in [6.07, 6.45) is 1.75. The van der Waals surface area contributed by atoms with Crippen molar-refractivity contribution in [2.75, 3.05) is 13.7 Å². The van der Waals surface area contributed by atoms with E-state index in [1.54, 1.807) is 20.1 Å². The first-order valence-corrected chi connectivity index (χ1v) is 5.20. The third-order valence-electron chi connectivity index (χ3n) is 2.19. The standard InChI is InChI=1S/C13H16O3/c1-4-12(13(14)16-5-2)10-6-8-11(15-3)9-7-10/h4,6-9H,5H2,1-3H3. The average molecular weight is 220 g/mol. The van der Waals surface area contributed by atoms with Crippen LogP contribution in [-0.4, -0.2) is 19.7 Å². The lowest BCUT2D eigenvalue weighted by Gasteiger charge is -2.07. The van der Waals surface area contributed by atoms with Gasteiger partial charge in [0.1, 0.15) is 5.75 Å². The van der Waals surface area contributed by atoms with Crippen molar-refractivity contribution in [2.45, 2.75) is 13.8 Å². The monoisotopic (exact) mass is 220 g/mol. The summed E-state index contributed by atoms with van der Waals surface area (Å²) in [7, 11) is 1.61. The number of allylic oxidation sites excluding steroid dienone is 1. The van der Waals surface area contributed by atoms with Crippen molar-refractivity contribution < 1.29 is 14.3 Å². The molecule has 1 aromatic rings. The van der Waals surface area contributed by atoms with E-state index in [-0.39, 0.29) is 5.97 Å². The van der Waals surface area contributed by atoms with Gasteiger partial charge in [0.15, 0.2) is 0 Å². The largest absolute Gasteiger partial charge is 0.497 e. The summed E-state index contributed by atoms with van der Waals surface area (Å²) in [6, 6.07) is 7.31. The molecule has 0 aliphatic carbocycles. The molecule has 0 heterocycles. The third kappa shape index (κ3) is 2.86. The van der Waals surface area contributed by atoms with Crippen LogP contribution in [-0.2, 0) is 9.53 Å². The van der Waals surface area contributed by atoms with Crippen LogP contribution >= 0.6 is 0 Å². The molecule has 0 bridgehead atoms. The minimum Gasteiger partial charge on any atom is -0.497 e. The average Bonchev–Trinajstić information content (AvgIpc) is 2.31. The van der Waals surface area contributed by atoms with Gasteiger partial charge in [-0.3, -0.25) is 0 Å². The molecule has 0 radical (unpaired) electrons. The van der Waals surface area contributed by atoms with Crippen molar-refractivity contribution >= 4 is 11.5 Å². The van der Waals surface area contributed by atoms with Gasteiger partial charge in [0.05, 0.1) is 19.3 Å². The molecule has 1 aromatic carbocycles. The molecule has 0 saturated heterocycles. The highest BCUT2D eigenvalue weighted by Crippen LogP contribution is 2.19. The number of carbonyl (C=O) groups excluding carboxylic acids is 1. The molecule has 3 nitrogen and oxygen atoms in total. The molecule has 0 aliphatic heterocycles. The molecular formula is C13H16O3. The first-order valence-electron chi connectivity index (χ1n) is 5.20. The number of ether oxygens (including phenoxy) is 2. The van der Waals surface area contributed by atoms with Gasteiger partial charge in [-0.25, -0.2) is 4.79 Å². The lowest BCUT2D eigenvalue weighted by molar-refractivity contribution is -0.136. The Hall–Kier alpha value is -1.77. The van der Waals surface area contributed by atoms with Gasteiger partial charge in [0, 0.05) is 0 Å². The van der Waals surface area contributed by atoms with Gasteiger partial charge in [0.2, 0.25) is 0 Å². The smallest absolute Gasteiger partial charge is 0.338 e. The van der Waals surface area contributed by atoms with Crippen molar-refractivity contribution in [1.82, 2.24) is 0 Å². The minimum absolute atomic E-state index is 0.296. The van der Waals surface area contributed by atoms with E-state index in [9.17, 15) is 4.79 Å². The van der Waals surface area contributed by atoms with Gasteiger partial charge in [-0.1, -0.05) is 18.2 Å². The maximum atomic E-state index is 11.6. The zero-order chi connectivity index (χ0) is 12.0. The quantitative estimate of drug-likeness (QED) is 0.578. The zero-order valence-electron chi connectivity index (χ0n) is 9.82. The van der Waals surface area contributed by atoms with Crippen LogP contribution in [0.5, 0.6) is 5.75 Å². The number of hydrogen-bond acceptors (Lipinski definition) is 3. The fraction of sp³-hybridized carbons (Fsp3) is 0.308. The van der Waals surface area contributed by atoms with E-state index in [4.69, 9.17) is 9.47 Å². The Morgan fingerprint density at radius 2 is 1.94 bits per heavy atom. The Balaban J connectivity index is 2.92. The van der Waals surface area contributed by atoms with Crippen molar-refractivity contribution in [2.24, 2.45) is 0 Å². The van der Waals surface area contributed by atoms with Gasteiger partial charge >= 0.3 is 5.97 Å². The Morgan fingerprint density at radius 1 is 1.31 bits per heavy atom. The fourth-order valence-corrected chi connectivity index (χ4v) is 1.38. The van der Waals surface area contributed by atoms with Crippen LogP contribution in [0, 0.1) is 0 Å². The lowest BCUT2D eigenvalue weighted by Crippen LogP contribution is -2.06. The van der Waals surface area contributed by atoms with Gasteiger partial charge < -0.3 is 9.47 Å².